The van der Waals surface area contributed by atoms with E-state index in [4.69, 9.17) is 63.0 Å². The second kappa shape index (κ2) is 40.8. The molecule has 2 atom stereocenters. The molecule has 1 aromatic carbocycles. The van der Waals surface area contributed by atoms with Crippen molar-refractivity contribution in [3.63, 3.8) is 0 Å². The van der Waals surface area contributed by atoms with Crippen molar-refractivity contribution in [2.45, 2.75) is 215 Å². The minimum Gasteiger partial charge on any atom is -0.492 e. The van der Waals surface area contributed by atoms with E-state index in [1.165, 1.54) is 0 Å². The van der Waals surface area contributed by atoms with Crippen molar-refractivity contribution in [1.82, 2.24) is 57.4 Å². The molecule has 0 saturated carbocycles. The first-order valence-electron chi connectivity index (χ1n) is 32.1. The van der Waals surface area contributed by atoms with E-state index in [-0.39, 0.29) is 72.3 Å². The number of nitrogens with two attached hydrogens (primary N) is 4. The van der Waals surface area contributed by atoms with Crippen LogP contribution in [0, 0.1) is 0 Å². The summed E-state index contributed by atoms with van der Waals surface area (Å²) >= 11 is 5.89. The first kappa shape index (κ1) is 83.6. The molecular weight excluding hydrogens is 1270 g/mol. The molecule has 0 spiro atoms. The smallest absolute Gasteiger partial charge is 0.414 e. The van der Waals surface area contributed by atoms with Crippen LogP contribution < -0.4 is 70.2 Å². The quantitative estimate of drug-likeness (QED) is 0.0167. The summed E-state index contributed by atoms with van der Waals surface area (Å²) in [6.45, 7) is 28.5. The third-order valence-electron chi connectivity index (χ3n) is 12.2. The third kappa shape index (κ3) is 40.7. The molecule has 2 aromatic rings. The molecular formula is C63H107ClN18O14. The van der Waals surface area contributed by atoms with Gasteiger partial charge in [-0.2, -0.15) is 0 Å². The molecule has 2 rings (SSSR count). The van der Waals surface area contributed by atoms with Crippen molar-refractivity contribution in [3.8, 4) is 5.75 Å². The van der Waals surface area contributed by atoms with E-state index < -0.39 is 82.4 Å². The van der Waals surface area contributed by atoms with Crippen LogP contribution in [0.1, 0.15) is 184 Å². The van der Waals surface area contributed by atoms with Gasteiger partial charge in [-0.15, -0.1) is 0 Å². The van der Waals surface area contributed by atoms with Crippen LogP contribution in [0.2, 0.25) is 5.15 Å². The predicted molar refractivity (Wildman–Crippen MR) is 367 cm³/mol. The number of hydrogen-bond acceptors (Lipinski definition) is 23. The Labute approximate surface area is 569 Å². The maximum Gasteiger partial charge on any atom is 0.414 e. The maximum absolute atomic E-state index is 13.8. The van der Waals surface area contributed by atoms with E-state index in [2.05, 4.69) is 72.4 Å². The van der Waals surface area contributed by atoms with Crippen molar-refractivity contribution >= 4 is 89.3 Å². The summed E-state index contributed by atoms with van der Waals surface area (Å²) in [6.07, 6.45) is 1.42. The zero-order valence-electron chi connectivity index (χ0n) is 58.7. The summed E-state index contributed by atoms with van der Waals surface area (Å²) in [5, 5.41) is 20.6. The highest BCUT2D eigenvalue weighted by molar-refractivity contribution is 6.31. The number of carbonyl (C=O) groups is 8. The standard InChI is InChI=1S/C63H107ClN18O14/c1-59(2,3)92-54(86)74-43(26-18-21-33-73-53(80-57(89)95-62(10,11)12)81-58(90)96-63(13,14)15)49(84)70-35-23-37-82(36-22-34-69-48(83)42(65)25-17-20-32-72-52(78-55(87)93-60(4,5)6)79-56(88)94-61(7,8)9)38-39-91-41-29-27-40(28-30-41)24-16-19-31-71-51(68)77-50(85)44-46(66)76-47(67)45(64)75-44/h27-30,42-43H,16-26,31-39,65H2,1-15H3,(H,69,83)(H,70,84)(H,74,86)(H4,66,67,76)(H3,68,71,77,85)(H2,72,78,79,87,88)(H2,73,80,81,89,90)/t42-,43+/m1/s1. The molecule has 0 unspecified atom stereocenters. The van der Waals surface area contributed by atoms with Gasteiger partial charge in [-0.1, -0.05) is 23.7 Å². The Hall–Kier alpha value is -8.52. The SMILES string of the molecule is CC(C)(C)OC(=O)NC(=NCCCC[C@@H](N)C(=O)NCCCN(CCCNC(=O)[C@H](CCCCN=C(NC(=O)OC(C)(C)C)NC(=O)OC(C)(C)C)NC(=O)OC(C)(C)C)CCOc1ccc(CCCCN=C(N)NC(=O)c2nc(Cl)c(N)nc2N)cc1)NC(=O)OC(C)(C)C. The zero-order chi connectivity index (χ0) is 72.5. The summed E-state index contributed by atoms with van der Waals surface area (Å²) in [4.78, 5) is 125. The molecule has 1 aromatic heterocycles. The Kier molecular flexibility index (Phi) is 35.5. The average molecular weight is 1380 g/mol. The number of halogens is 1. The van der Waals surface area contributed by atoms with Crippen LogP contribution in [-0.2, 0) is 39.7 Å². The maximum atomic E-state index is 13.8. The van der Waals surface area contributed by atoms with Crippen LogP contribution in [-0.4, -0.2) is 180 Å². The van der Waals surface area contributed by atoms with E-state index in [0.717, 1.165) is 18.4 Å². The van der Waals surface area contributed by atoms with Crippen molar-refractivity contribution in [2.24, 2.45) is 26.4 Å². The van der Waals surface area contributed by atoms with E-state index in [9.17, 15) is 38.4 Å². The Morgan fingerprint density at radius 1 is 0.521 bits per heavy atom. The lowest BCUT2D eigenvalue weighted by molar-refractivity contribution is -0.123. The van der Waals surface area contributed by atoms with Crippen LogP contribution >= 0.6 is 11.6 Å². The molecule has 0 bridgehead atoms. The Morgan fingerprint density at radius 3 is 1.42 bits per heavy atom. The lowest BCUT2D eigenvalue weighted by Crippen LogP contribution is -2.48. The molecule has 0 aliphatic carbocycles. The summed E-state index contributed by atoms with van der Waals surface area (Å²) in [5.41, 5.74) is 20.3. The van der Waals surface area contributed by atoms with Gasteiger partial charge in [0.1, 0.15) is 46.4 Å². The van der Waals surface area contributed by atoms with Crippen LogP contribution in [0.25, 0.3) is 0 Å². The van der Waals surface area contributed by atoms with E-state index in [1.807, 2.05) is 24.3 Å². The number of nitrogens with zero attached hydrogens (tertiary/aromatic N) is 6. The molecule has 32 nitrogen and oxygen atoms in total. The van der Waals surface area contributed by atoms with Gasteiger partial charge in [-0.3, -0.25) is 60.8 Å². The Bertz CT molecular complexity index is 2870. The number of aryl methyl sites for hydroxylation is 1. The van der Waals surface area contributed by atoms with Gasteiger partial charge in [0, 0.05) is 39.3 Å². The molecule has 96 heavy (non-hydrogen) atoms. The molecule has 16 N–H and O–H groups in total. The molecule has 540 valence electrons. The molecule has 0 aliphatic rings. The Balaban J connectivity index is 2.13. The number of ether oxygens (including phenoxy) is 6. The molecule has 0 fully saturated rings. The number of benzene rings is 1. The van der Waals surface area contributed by atoms with Gasteiger partial charge in [-0.05, 0) is 205 Å². The third-order valence-corrected chi connectivity index (χ3v) is 12.5. The number of nitrogen functional groups attached to an aromatic ring is 2. The molecule has 33 heteroatoms. The number of hydrogen-bond donors (Lipinski definition) is 12. The van der Waals surface area contributed by atoms with Crippen LogP contribution in [0.5, 0.6) is 5.75 Å². The van der Waals surface area contributed by atoms with Crippen molar-refractivity contribution in [2.75, 3.05) is 70.4 Å². The highest BCUT2D eigenvalue weighted by atomic mass is 35.5. The van der Waals surface area contributed by atoms with Crippen molar-refractivity contribution in [3.05, 3.63) is 40.7 Å². The highest BCUT2D eigenvalue weighted by Crippen LogP contribution is 2.19. The molecule has 0 saturated heterocycles. The minimum absolute atomic E-state index is 0.107. The predicted octanol–water partition coefficient (Wildman–Crippen LogP) is 6.43. The van der Waals surface area contributed by atoms with Gasteiger partial charge in [-0.25, -0.2) is 33.9 Å². The number of rotatable bonds is 31. The lowest BCUT2D eigenvalue weighted by atomic mass is 10.1. The van der Waals surface area contributed by atoms with Crippen LogP contribution in [0.4, 0.5) is 35.6 Å². The summed E-state index contributed by atoms with van der Waals surface area (Å²) < 4.78 is 32.9. The number of aliphatic imine (C=N–C) groups is 3. The molecule has 0 radical (unpaired) electrons. The normalized spacial score (nSPS) is 12.5. The second-order valence-corrected chi connectivity index (χ2v) is 27.6. The zero-order valence-corrected chi connectivity index (χ0v) is 59.4. The van der Waals surface area contributed by atoms with Crippen molar-refractivity contribution in [1.29, 1.82) is 0 Å². The fraction of sp³-hybridized carbons (Fsp3) is 0.667. The molecule has 1 heterocycles. The number of aromatic nitrogens is 2. The first-order chi connectivity index (χ1) is 44.5. The number of carbonyl (C=O) groups excluding carboxylic acids is 8. The lowest BCUT2D eigenvalue weighted by Gasteiger charge is -2.24. The number of guanidine groups is 3. The summed E-state index contributed by atoms with van der Waals surface area (Å²) in [5.74, 6) is -1.61. The summed E-state index contributed by atoms with van der Waals surface area (Å²) in [6, 6.07) is 5.91. The van der Waals surface area contributed by atoms with Gasteiger partial charge in [0.15, 0.2) is 28.4 Å². The van der Waals surface area contributed by atoms with Crippen LogP contribution in [0.15, 0.2) is 39.2 Å². The molecule has 8 amide bonds. The molecule has 0 aliphatic heterocycles. The monoisotopic (exact) mass is 1370 g/mol. The van der Waals surface area contributed by atoms with E-state index in [0.29, 0.717) is 96.4 Å². The average Bonchev–Trinajstić information content (AvgIpc) is 0.905. The largest absolute Gasteiger partial charge is 0.492 e. The number of alkyl carbamates (subject to hydrolysis) is 5. The fourth-order valence-corrected chi connectivity index (χ4v) is 8.24. The van der Waals surface area contributed by atoms with Crippen LogP contribution in [0.3, 0.4) is 0 Å². The van der Waals surface area contributed by atoms with E-state index in [1.54, 1.807) is 104 Å². The van der Waals surface area contributed by atoms with Gasteiger partial charge < -0.3 is 67.3 Å². The number of nitrogens with one attached hydrogen (secondary N) is 8. The first-order valence-corrected chi connectivity index (χ1v) is 32.5. The number of amides is 8. The van der Waals surface area contributed by atoms with Crippen molar-refractivity contribution < 1.29 is 66.8 Å². The van der Waals surface area contributed by atoms with Gasteiger partial charge in [0.2, 0.25) is 23.7 Å². The topological polar surface area (TPSA) is 458 Å². The minimum atomic E-state index is -0.990. The van der Waals surface area contributed by atoms with E-state index >= 15 is 0 Å². The van der Waals surface area contributed by atoms with Gasteiger partial charge >= 0.3 is 30.5 Å². The second-order valence-electron chi connectivity index (χ2n) is 27.2. The number of unbranched alkanes of at least 4 members (excludes halogenated alkanes) is 3. The Morgan fingerprint density at radius 2 is 0.948 bits per heavy atom. The number of anilines is 2. The fourth-order valence-electron chi connectivity index (χ4n) is 8.12. The summed E-state index contributed by atoms with van der Waals surface area (Å²) in [7, 11) is 0. The van der Waals surface area contributed by atoms with Gasteiger partial charge in [0.05, 0.1) is 6.04 Å². The highest BCUT2D eigenvalue weighted by Gasteiger charge is 2.27. The van der Waals surface area contributed by atoms with Gasteiger partial charge in [0.25, 0.3) is 5.91 Å².